The second-order valence-electron chi connectivity index (χ2n) is 8.65. The molecule has 0 aromatic carbocycles. The van der Waals surface area contributed by atoms with E-state index < -0.39 is 6.04 Å². The van der Waals surface area contributed by atoms with Gasteiger partial charge in [-0.3, -0.25) is 4.79 Å². The molecule has 0 spiro atoms. The van der Waals surface area contributed by atoms with Crippen molar-refractivity contribution in [3.63, 3.8) is 0 Å². The number of rotatable bonds is 7. The Balaban J connectivity index is 0.000000433. The van der Waals surface area contributed by atoms with Crippen LogP contribution in [0.25, 0.3) is 10.4 Å². The predicted molar refractivity (Wildman–Crippen MR) is 107 cm³/mol. The molecule has 2 rings (SSSR count). The number of nitrogens with two attached hydrogens (primary N) is 1. The van der Waals surface area contributed by atoms with Crippen LogP contribution in [0, 0.1) is 23.7 Å². The number of carbonyl (C=O) groups is 1. The van der Waals surface area contributed by atoms with E-state index >= 15 is 0 Å². The molecule has 1 saturated carbocycles. The van der Waals surface area contributed by atoms with Gasteiger partial charge < -0.3 is 15.6 Å². The minimum Gasteiger partial charge on any atom is -0.462 e. The predicted octanol–water partition coefficient (Wildman–Crippen LogP) is 4.19. The molecule has 1 saturated heterocycles. The summed E-state index contributed by atoms with van der Waals surface area (Å²) in [5.41, 5.74) is 14.4. The van der Waals surface area contributed by atoms with Gasteiger partial charge >= 0.3 is 5.97 Å². The Bertz CT molecular complexity index is 486. The largest absolute Gasteiger partial charge is 0.462 e. The summed E-state index contributed by atoms with van der Waals surface area (Å²) in [5, 5.41) is 13.2. The highest BCUT2D eigenvalue weighted by Gasteiger charge is 2.40. The van der Waals surface area contributed by atoms with Gasteiger partial charge in [0.05, 0.1) is 12.0 Å². The van der Waals surface area contributed by atoms with Gasteiger partial charge in [0.15, 0.2) is 0 Å². The Labute approximate surface area is 163 Å². The summed E-state index contributed by atoms with van der Waals surface area (Å²) in [7, 11) is 0. The van der Waals surface area contributed by atoms with Crippen molar-refractivity contribution < 1.29 is 14.6 Å². The third-order valence-corrected chi connectivity index (χ3v) is 5.86. The Morgan fingerprint density at radius 1 is 1.26 bits per heavy atom. The fourth-order valence-electron chi connectivity index (χ4n) is 3.75. The van der Waals surface area contributed by atoms with E-state index in [2.05, 4.69) is 10.0 Å². The van der Waals surface area contributed by atoms with E-state index in [9.17, 15) is 9.90 Å². The third-order valence-electron chi connectivity index (χ3n) is 5.86. The molecule has 4 atom stereocenters. The van der Waals surface area contributed by atoms with Gasteiger partial charge in [-0.1, -0.05) is 52.1 Å². The van der Waals surface area contributed by atoms with E-state index in [-0.39, 0.29) is 42.4 Å². The smallest absolute Gasteiger partial charge is 0.309 e. The minimum atomic E-state index is -0.396. The molecule has 1 aliphatic heterocycles. The van der Waals surface area contributed by atoms with Crippen LogP contribution >= 0.6 is 0 Å². The summed E-state index contributed by atoms with van der Waals surface area (Å²) in [4.78, 5) is 14.7. The first kappa shape index (κ1) is 23.7. The summed E-state index contributed by atoms with van der Waals surface area (Å²) in [6.45, 7) is 8.06. The van der Waals surface area contributed by atoms with Crippen molar-refractivity contribution in [2.75, 3.05) is 6.61 Å². The lowest BCUT2D eigenvalue weighted by atomic mass is 9.85. The number of nitrogens with zero attached hydrogens (tertiary/aromatic N) is 3. The van der Waals surface area contributed by atoms with Crippen molar-refractivity contribution in [2.45, 2.75) is 90.8 Å². The Hall–Kier alpha value is -1.30. The molecule has 0 amide bonds. The zero-order chi connectivity index (χ0) is 20.4. The average molecular weight is 383 g/mol. The number of azide groups is 1. The number of carbonyl (C=O) groups excluding carboxylic acids is 1. The zero-order valence-corrected chi connectivity index (χ0v) is 17.4. The lowest BCUT2D eigenvalue weighted by Crippen LogP contribution is -2.29. The quantitative estimate of drug-likeness (QED) is 0.297. The van der Waals surface area contributed by atoms with E-state index in [0.717, 1.165) is 0 Å². The second-order valence-corrected chi connectivity index (χ2v) is 8.65. The van der Waals surface area contributed by atoms with Crippen LogP contribution < -0.4 is 5.73 Å². The first-order chi connectivity index (χ1) is 12.8. The molecule has 27 heavy (non-hydrogen) atoms. The zero-order valence-electron chi connectivity index (χ0n) is 17.4. The SMILES string of the molecule is CC(C)[C@@H](CO)C[C@H](N=[N+]=[N-])[C@@H]1C[C@@H](C(C)C)C(=O)O1.NC1CCCCC1. The lowest BCUT2D eigenvalue weighted by molar-refractivity contribution is -0.146. The third kappa shape index (κ3) is 8.08. The van der Waals surface area contributed by atoms with E-state index in [1.807, 2.05) is 27.7 Å². The van der Waals surface area contributed by atoms with E-state index in [1.165, 1.54) is 32.1 Å². The fourth-order valence-corrected chi connectivity index (χ4v) is 3.75. The Morgan fingerprint density at radius 2 is 1.89 bits per heavy atom. The number of hydrogen-bond acceptors (Lipinski definition) is 5. The number of esters is 1. The van der Waals surface area contributed by atoms with Crippen LogP contribution in [0.5, 0.6) is 0 Å². The summed E-state index contributed by atoms with van der Waals surface area (Å²) in [6.07, 6.45) is 7.44. The van der Waals surface area contributed by atoms with E-state index in [4.69, 9.17) is 16.0 Å². The molecule has 0 aromatic heterocycles. The molecule has 0 radical (unpaired) electrons. The van der Waals surface area contributed by atoms with Gasteiger partial charge in [0, 0.05) is 17.6 Å². The van der Waals surface area contributed by atoms with Gasteiger partial charge in [-0.05, 0) is 49.0 Å². The topological polar surface area (TPSA) is 121 Å². The Morgan fingerprint density at radius 3 is 2.26 bits per heavy atom. The van der Waals surface area contributed by atoms with Gasteiger partial charge in [-0.15, -0.1) is 0 Å². The highest BCUT2D eigenvalue weighted by molar-refractivity contribution is 5.75. The number of ether oxygens (including phenoxy) is 1. The second kappa shape index (κ2) is 12.2. The minimum absolute atomic E-state index is 0.0438. The van der Waals surface area contributed by atoms with Crippen molar-refractivity contribution in [2.24, 2.45) is 34.5 Å². The van der Waals surface area contributed by atoms with Crippen molar-refractivity contribution >= 4 is 5.97 Å². The van der Waals surface area contributed by atoms with Gasteiger partial charge in [-0.25, -0.2) is 0 Å². The van der Waals surface area contributed by atoms with Gasteiger partial charge in [-0.2, -0.15) is 0 Å². The fraction of sp³-hybridized carbons (Fsp3) is 0.950. The molecule has 1 heterocycles. The first-order valence-electron chi connectivity index (χ1n) is 10.4. The maximum absolute atomic E-state index is 11.8. The molecule has 2 aliphatic rings. The summed E-state index contributed by atoms with van der Waals surface area (Å²) < 4.78 is 5.39. The number of cyclic esters (lactones) is 1. The van der Waals surface area contributed by atoms with E-state index in [0.29, 0.717) is 18.9 Å². The van der Waals surface area contributed by atoms with Gasteiger partial charge in [0.2, 0.25) is 0 Å². The van der Waals surface area contributed by atoms with Gasteiger partial charge in [0.1, 0.15) is 6.10 Å². The van der Waals surface area contributed by atoms with Crippen LogP contribution in [0.2, 0.25) is 0 Å². The van der Waals surface area contributed by atoms with Crippen LogP contribution in [-0.4, -0.2) is 35.9 Å². The average Bonchev–Trinajstić information content (AvgIpc) is 3.01. The van der Waals surface area contributed by atoms with Crippen LogP contribution in [-0.2, 0) is 9.53 Å². The van der Waals surface area contributed by atoms with Crippen LogP contribution in [0.1, 0.15) is 72.6 Å². The molecule has 0 aromatic rings. The van der Waals surface area contributed by atoms with Crippen molar-refractivity contribution in [3.8, 4) is 0 Å². The standard InChI is InChI=1S/C14H25N3O3.C6H13N/c1-8(2)10(7-18)5-12(16-17-15)13-6-11(9(3)4)14(19)20-13;7-6-4-2-1-3-5-6/h8-13,18H,5-7H2,1-4H3;6H,1-5,7H2/t10-,11+,12+,13+;/m1./s1. The number of hydrogen-bond donors (Lipinski definition) is 2. The van der Waals surface area contributed by atoms with Gasteiger partial charge in [0.25, 0.3) is 0 Å². The highest BCUT2D eigenvalue weighted by atomic mass is 16.6. The Kier molecular flexibility index (Phi) is 10.7. The molecular formula is C20H38N4O3. The molecule has 0 bridgehead atoms. The first-order valence-corrected chi connectivity index (χ1v) is 10.4. The van der Waals surface area contributed by atoms with Crippen LogP contribution in [0.4, 0.5) is 0 Å². The van der Waals surface area contributed by atoms with Crippen LogP contribution in [0.3, 0.4) is 0 Å². The van der Waals surface area contributed by atoms with Crippen molar-refractivity contribution in [3.05, 3.63) is 10.4 Å². The lowest BCUT2D eigenvalue weighted by Gasteiger charge is -2.25. The molecular weight excluding hydrogens is 344 g/mol. The molecule has 156 valence electrons. The monoisotopic (exact) mass is 382 g/mol. The van der Waals surface area contributed by atoms with Crippen LogP contribution in [0.15, 0.2) is 5.11 Å². The maximum Gasteiger partial charge on any atom is 0.309 e. The molecule has 3 N–H and O–H groups in total. The highest BCUT2D eigenvalue weighted by Crippen LogP contribution is 2.33. The summed E-state index contributed by atoms with van der Waals surface area (Å²) in [5.74, 6) is 0.228. The van der Waals surface area contributed by atoms with Crippen molar-refractivity contribution in [1.29, 1.82) is 0 Å². The van der Waals surface area contributed by atoms with E-state index in [1.54, 1.807) is 0 Å². The maximum atomic E-state index is 11.8. The molecule has 7 heteroatoms. The summed E-state index contributed by atoms with van der Waals surface area (Å²) >= 11 is 0. The normalized spacial score (nSPS) is 25.4. The molecule has 1 aliphatic carbocycles. The van der Waals surface area contributed by atoms with Crippen molar-refractivity contribution in [1.82, 2.24) is 0 Å². The number of aliphatic hydroxyl groups is 1. The molecule has 7 nitrogen and oxygen atoms in total. The summed E-state index contributed by atoms with van der Waals surface area (Å²) in [6, 6.07) is 0.140. The molecule has 0 unspecified atom stereocenters. The number of aliphatic hydroxyl groups excluding tert-OH is 1. The molecule has 2 fully saturated rings.